The number of hydrogen-bond donors (Lipinski definition) is 3. The van der Waals surface area contributed by atoms with E-state index in [1.165, 1.54) is 11.7 Å². The SMILES string of the molecule is C=C(N=C(OC)c1ccncc1)C(=O)N/C(C)=C/N(N)C1CCC([B]n2c(=O)n(C3CCC(=O)NC3=O)c3ccccc32)CC1. The molecule has 1 saturated heterocycles. The van der Waals surface area contributed by atoms with Gasteiger partial charge in [-0.1, -0.05) is 31.6 Å². The van der Waals surface area contributed by atoms with Crippen molar-refractivity contribution in [2.45, 2.75) is 63.3 Å². The first-order valence-electron chi connectivity index (χ1n) is 14.8. The Hall–Kier alpha value is -4.98. The van der Waals surface area contributed by atoms with Gasteiger partial charge in [0.1, 0.15) is 11.7 Å². The molecule has 1 atom stereocenters. The number of nitrogens with two attached hydrogens (primary N) is 1. The van der Waals surface area contributed by atoms with Gasteiger partial charge >= 0.3 is 5.69 Å². The number of imide groups is 1. The second-order valence-corrected chi connectivity index (χ2v) is 11.2. The quantitative estimate of drug-likeness (QED) is 0.0630. The zero-order chi connectivity index (χ0) is 32.1. The molecule has 3 aromatic rings. The van der Waals surface area contributed by atoms with E-state index in [1.807, 2.05) is 31.7 Å². The molecule has 14 heteroatoms. The molecule has 3 amide bonds. The molecule has 2 fully saturated rings. The van der Waals surface area contributed by atoms with Crippen LogP contribution in [-0.4, -0.2) is 63.2 Å². The van der Waals surface area contributed by atoms with Gasteiger partial charge in [0, 0.05) is 42.3 Å². The number of pyridine rings is 1. The third kappa shape index (κ3) is 7.06. The van der Waals surface area contributed by atoms with E-state index < -0.39 is 17.9 Å². The molecule has 2 aromatic heterocycles. The molecule has 233 valence electrons. The van der Waals surface area contributed by atoms with Gasteiger partial charge in [0.05, 0.1) is 18.1 Å². The number of piperidine rings is 1. The third-order valence-corrected chi connectivity index (χ3v) is 8.13. The highest BCUT2D eigenvalue weighted by atomic mass is 16.5. The average Bonchev–Trinajstić information content (AvgIpc) is 3.30. The minimum Gasteiger partial charge on any atom is -0.481 e. The Morgan fingerprint density at radius 3 is 2.49 bits per heavy atom. The summed E-state index contributed by atoms with van der Waals surface area (Å²) in [5.41, 5.74) is 2.25. The number of hydrazine groups is 1. The molecule has 13 nitrogen and oxygen atoms in total. The van der Waals surface area contributed by atoms with E-state index >= 15 is 0 Å². The van der Waals surface area contributed by atoms with Crippen molar-refractivity contribution in [1.82, 2.24) is 29.7 Å². The third-order valence-electron chi connectivity index (χ3n) is 8.13. The lowest BCUT2D eigenvalue weighted by Gasteiger charge is -2.33. The molecular formula is C31H36BN8O5. The summed E-state index contributed by atoms with van der Waals surface area (Å²) >= 11 is 0. The van der Waals surface area contributed by atoms with Crippen LogP contribution >= 0.6 is 0 Å². The van der Waals surface area contributed by atoms with Crippen LogP contribution in [-0.2, 0) is 19.1 Å². The van der Waals surface area contributed by atoms with E-state index in [1.54, 1.807) is 47.1 Å². The van der Waals surface area contributed by atoms with E-state index in [0.29, 0.717) is 22.3 Å². The minimum absolute atomic E-state index is 0.0229. The van der Waals surface area contributed by atoms with Crippen molar-refractivity contribution in [3.63, 3.8) is 0 Å². The van der Waals surface area contributed by atoms with E-state index in [4.69, 9.17) is 10.6 Å². The highest BCUT2D eigenvalue weighted by Crippen LogP contribution is 2.31. The second kappa shape index (κ2) is 13.8. The zero-order valence-electron chi connectivity index (χ0n) is 25.3. The molecule has 1 unspecified atom stereocenters. The number of amides is 3. The summed E-state index contributed by atoms with van der Waals surface area (Å²) in [4.78, 5) is 58.8. The molecule has 2 aliphatic rings. The van der Waals surface area contributed by atoms with Crippen LogP contribution in [0.4, 0.5) is 0 Å². The Kier molecular flexibility index (Phi) is 9.62. The van der Waals surface area contributed by atoms with Crippen molar-refractivity contribution >= 4 is 42.1 Å². The lowest BCUT2D eigenvalue weighted by atomic mass is 9.66. The molecule has 4 N–H and O–H groups in total. The molecule has 0 spiro atoms. The second-order valence-electron chi connectivity index (χ2n) is 11.2. The standard InChI is InChI=1S/C31H36BN8O5/c1-19(35-28(42)20(2)36-30(45-3)21-14-16-34-17-15-21)18-38(33)23-10-8-22(9-11-23)32-40-25-7-5-4-6-24(25)39(31(40)44)26-12-13-27(41)37-29(26)43/h4-7,14-18,22-23,26H,2,8-13,33H2,1,3H3,(H,35,42)(H,37,41,43)/b19-18+,36-30?. The van der Waals surface area contributed by atoms with Crippen LogP contribution in [0.3, 0.4) is 0 Å². The van der Waals surface area contributed by atoms with E-state index in [9.17, 15) is 19.2 Å². The number of ether oxygens (including phenoxy) is 1. The number of para-hydroxylation sites is 2. The fourth-order valence-electron chi connectivity index (χ4n) is 5.84. The number of nitrogens with one attached hydrogen (secondary N) is 2. The molecule has 45 heavy (non-hydrogen) atoms. The average molecular weight is 611 g/mol. The minimum atomic E-state index is -0.737. The predicted molar refractivity (Wildman–Crippen MR) is 170 cm³/mol. The lowest BCUT2D eigenvalue weighted by molar-refractivity contribution is -0.135. The summed E-state index contributed by atoms with van der Waals surface area (Å²) in [5, 5.41) is 6.72. The molecule has 0 bridgehead atoms. The van der Waals surface area contributed by atoms with E-state index in [0.717, 1.165) is 25.7 Å². The Morgan fingerprint density at radius 2 is 1.82 bits per heavy atom. The maximum atomic E-state index is 13.6. The van der Waals surface area contributed by atoms with Crippen LogP contribution in [0.2, 0.25) is 5.82 Å². The largest absolute Gasteiger partial charge is 0.481 e. The number of fused-ring (bicyclic) bond motifs is 1. The number of aliphatic imine (C=N–C) groups is 1. The van der Waals surface area contributed by atoms with Gasteiger partial charge in [-0.3, -0.25) is 29.3 Å². The summed E-state index contributed by atoms with van der Waals surface area (Å²) in [6, 6.07) is 10.1. The van der Waals surface area contributed by atoms with Crippen LogP contribution in [0.5, 0.6) is 0 Å². The zero-order valence-corrected chi connectivity index (χ0v) is 25.3. The molecule has 1 saturated carbocycles. The van der Waals surface area contributed by atoms with Gasteiger partial charge in [-0.15, -0.1) is 0 Å². The first-order chi connectivity index (χ1) is 21.7. The highest BCUT2D eigenvalue weighted by molar-refractivity contribution is 6.37. The summed E-state index contributed by atoms with van der Waals surface area (Å²) in [7, 11) is 3.41. The fourth-order valence-corrected chi connectivity index (χ4v) is 5.84. The summed E-state index contributed by atoms with van der Waals surface area (Å²) in [5.74, 6) is 5.48. The van der Waals surface area contributed by atoms with Crippen LogP contribution in [0.15, 0.2) is 82.8 Å². The molecule has 5 rings (SSSR count). The molecule has 3 heterocycles. The molecule has 1 aromatic carbocycles. The van der Waals surface area contributed by atoms with Gasteiger partial charge in [-0.25, -0.2) is 15.6 Å². The number of carbonyl (C=O) groups is 3. The van der Waals surface area contributed by atoms with Crippen LogP contribution in [0, 0.1) is 0 Å². The Balaban J connectivity index is 1.19. The topological polar surface area (TPSA) is 166 Å². The highest BCUT2D eigenvalue weighted by Gasteiger charge is 2.33. The number of methoxy groups -OCH3 is 1. The van der Waals surface area contributed by atoms with Crippen molar-refractivity contribution in [3.05, 3.63) is 89.0 Å². The Bertz CT molecular complexity index is 1720. The molecular weight excluding hydrogens is 575 g/mol. The van der Waals surface area contributed by atoms with Crippen molar-refractivity contribution in [3.8, 4) is 0 Å². The monoisotopic (exact) mass is 611 g/mol. The van der Waals surface area contributed by atoms with Gasteiger partial charge in [0.2, 0.25) is 17.7 Å². The Labute approximate surface area is 261 Å². The van der Waals surface area contributed by atoms with Crippen LogP contribution < -0.4 is 22.2 Å². The van der Waals surface area contributed by atoms with Crippen LogP contribution in [0.25, 0.3) is 11.0 Å². The first kappa shape index (κ1) is 31.4. The van der Waals surface area contributed by atoms with Crippen LogP contribution in [0.1, 0.15) is 57.1 Å². The molecule has 1 radical (unpaired) electrons. The predicted octanol–water partition coefficient (Wildman–Crippen LogP) is 2.13. The molecule has 1 aliphatic carbocycles. The smallest absolute Gasteiger partial charge is 0.317 e. The Morgan fingerprint density at radius 1 is 1.13 bits per heavy atom. The van der Waals surface area contributed by atoms with Gasteiger partial charge in [0.25, 0.3) is 13.3 Å². The number of rotatable bonds is 9. The number of imidazole rings is 1. The lowest BCUT2D eigenvalue weighted by Crippen LogP contribution is -2.45. The normalized spacial score (nSPS) is 20.8. The first-order valence-corrected chi connectivity index (χ1v) is 14.8. The maximum absolute atomic E-state index is 13.6. The van der Waals surface area contributed by atoms with Crippen molar-refractivity contribution < 1.29 is 19.1 Å². The number of nitrogens with zero attached hydrogens (tertiary/aromatic N) is 5. The molecule has 1 aliphatic heterocycles. The van der Waals surface area contributed by atoms with Gasteiger partial charge < -0.3 is 19.5 Å². The number of carbonyl (C=O) groups excluding carboxylic acids is 3. The van der Waals surface area contributed by atoms with E-state index in [2.05, 4.69) is 27.2 Å². The number of allylic oxidation sites excluding steroid dienone is 1. The van der Waals surface area contributed by atoms with Crippen molar-refractivity contribution in [1.29, 1.82) is 0 Å². The summed E-state index contributed by atoms with van der Waals surface area (Å²) in [6.45, 7) is 5.50. The van der Waals surface area contributed by atoms with Crippen molar-refractivity contribution in [2.75, 3.05) is 7.11 Å². The van der Waals surface area contributed by atoms with Crippen molar-refractivity contribution in [2.24, 2.45) is 10.8 Å². The number of aromatic nitrogens is 3. The number of hydrogen-bond acceptors (Lipinski definition) is 9. The maximum Gasteiger partial charge on any atom is 0.317 e. The number of benzene rings is 1. The summed E-state index contributed by atoms with van der Waals surface area (Å²) < 4.78 is 8.43. The van der Waals surface area contributed by atoms with Gasteiger partial charge in [0.15, 0.2) is 0 Å². The van der Waals surface area contributed by atoms with E-state index in [-0.39, 0.29) is 47.9 Å². The fraction of sp³-hybridized carbons (Fsp3) is 0.355. The summed E-state index contributed by atoms with van der Waals surface area (Å²) in [6.07, 6.45) is 8.49. The van der Waals surface area contributed by atoms with Gasteiger partial charge in [-0.2, -0.15) is 0 Å². The van der Waals surface area contributed by atoms with Gasteiger partial charge in [-0.05, 0) is 56.3 Å².